The number of fused-ring (bicyclic) bond motifs is 1. The molecule has 218 valence electrons. The molecule has 1 unspecified atom stereocenters. The summed E-state index contributed by atoms with van der Waals surface area (Å²) in [5.74, 6) is -0.409. The van der Waals surface area contributed by atoms with E-state index in [0.29, 0.717) is 23.0 Å². The number of H-pyrrole nitrogens is 1. The minimum Gasteiger partial charge on any atom is -0.480 e. The van der Waals surface area contributed by atoms with Gasteiger partial charge in [-0.2, -0.15) is 13.2 Å². The van der Waals surface area contributed by atoms with Crippen molar-refractivity contribution in [3.63, 3.8) is 0 Å². The van der Waals surface area contributed by atoms with Crippen LogP contribution in [0.2, 0.25) is 0 Å². The number of hydrogen-bond acceptors (Lipinski definition) is 9. The lowest BCUT2D eigenvalue weighted by Crippen LogP contribution is -2.46. The molecule has 1 aliphatic heterocycles. The molecule has 2 aliphatic rings. The third-order valence-electron chi connectivity index (χ3n) is 7.16. The normalized spacial score (nSPS) is 18.5. The second kappa shape index (κ2) is 10.0. The van der Waals surface area contributed by atoms with E-state index in [1.807, 2.05) is 0 Å². The number of halogens is 4. The van der Waals surface area contributed by atoms with E-state index in [-0.39, 0.29) is 46.9 Å². The Morgan fingerprint density at radius 3 is 2.62 bits per heavy atom. The van der Waals surface area contributed by atoms with Crippen LogP contribution < -0.4 is 9.64 Å². The number of carbonyl (C=O) groups excluding carboxylic acids is 1. The number of nitrogens with zero attached hydrogens (tertiary/aromatic N) is 6. The van der Waals surface area contributed by atoms with Crippen molar-refractivity contribution in [2.24, 2.45) is 0 Å². The van der Waals surface area contributed by atoms with Gasteiger partial charge < -0.3 is 19.6 Å². The number of aliphatic hydroxyl groups excluding tert-OH is 1. The zero-order valence-electron chi connectivity index (χ0n) is 22.2. The van der Waals surface area contributed by atoms with E-state index >= 15 is 4.39 Å². The van der Waals surface area contributed by atoms with Crippen LogP contribution in [0.5, 0.6) is 5.88 Å². The fraction of sp³-hybridized carbons (Fsp3) is 0.333. The third-order valence-corrected chi connectivity index (χ3v) is 7.16. The summed E-state index contributed by atoms with van der Waals surface area (Å²) in [5, 5.41) is 10.1. The highest BCUT2D eigenvalue weighted by Crippen LogP contribution is 2.46. The molecule has 0 radical (unpaired) electrons. The maximum absolute atomic E-state index is 15.1. The first-order chi connectivity index (χ1) is 20.0. The van der Waals surface area contributed by atoms with Gasteiger partial charge >= 0.3 is 12.3 Å². The molecule has 1 amide bonds. The van der Waals surface area contributed by atoms with E-state index in [1.54, 1.807) is 0 Å². The Morgan fingerprint density at radius 1 is 1.19 bits per heavy atom. The van der Waals surface area contributed by atoms with Crippen LogP contribution in [-0.2, 0) is 23.1 Å². The van der Waals surface area contributed by atoms with Crippen molar-refractivity contribution >= 4 is 11.9 Å². The van der Waals surface area contributed by atoms with Crippen molar-refractivity contribution in [3.05, 3.63) is 65.3 Å². The maximum atomic E-state index is 15.1. The number of aliphatic hydroxyl groups is 1. The molecule has 1 saturated carbocycles. The van der Waals surface area contributed by atoms with Gasteiger partial charge in [-0.15, -0.1) is 0 Å². The largest absolute Gasteiger partial charge is 0.480 e. The predicted octanol–water partition coefficient (Wildman–Crippen LogP) is 4.73. The first-order valence-corrected chi connectivity index (χ1v) is 12.8. The summed E-state index contributed by atoms with van der Waals surface area (Å²) in [5.41, 5.74) is -0.970. The maximum Gasteiger partial charge on any atom is 0.432 e. The number of aromatic nitrogens is 6. The summed E-state index contributed by atoms with van der Waals surface area (Å²) in [6, 6.07) is 3.79. The second-order valence-corrected chi connectivity index (χ2v) is 10.1. The van der Waals surface area contributed by atoms with Gasteiger partial charge in [-0.05, 0) is 37.5 Å². The Kier molecular flexibility index (Phi) is 6.55. The summed E-state index contributed by atoms with van der Waals surface area (Å²) < 4.78 is 65.0. The van der Waals surface area contributed by atoms with Crippen LogP contribution >= 0.6 is 0 Å². The lowest BCUT2D eigenvalue weighted by Gasteiger charge is -2.38. The van der Waals surface area contributed by atoms with Crippen LogP contribution in [0.3, 0.4) is 0 Å². The Balaban J connectivity index is 1.39. The molecule has 6 rings (SSSR count). The molecular formula is C27H23F4N7O4. The number of amides is 1. The summed E-state index contributed by atoms with van der Waals surface area (Å²) >= 11 is 0. The number of rotatable bonds is 7. The number of cyclic esters (lactones) is 1. The van der Waals surface area contributed by atoms with Crippen LogP contribution in [0.1, 0.15) is 48.2 Å². The van der Waals surface area contributed by atoms with E-state index < -0.39 is 36.0 Å². The SMILES string of the molecule is COc1ncnc(C2CC2)c1-c1ncc2c(n1)N(Cc1ccc(-c3ncc(C(F)(F)F)[nH]3)c(F)c1)C(=O)OC2(C)CO. The van der Waals surface area contributed by atoms with Crippen LogP contribution in [0.15, 0.2) is 36.9 Å². The van der Waals surface area contributed by atoms with Crippen molar-refractivity contribution in [1.29, 1.82) is 0 Å². The predicted molar refractivity (Wildman–Crippen MR) is 138 cm³/mol. The van der Waals surface area contributed by atoms with Gasteiger partial charge in [0.25, 0.3) is 0 Å². The lowest BCUT2D eigenvalue weighted by atomic mass is 9.96. The molecule has 0 spiro atoms. The van der Waals surface area contributed by atoms with E-state index in [2.05, 4.69) is 29.9 Å². The number of aromatic amines is 1. The minimum atomic E-state index is -4.66. The summed E-state index contributed by atoms with van der Waals surface area (Å²) in [6.07, 6.45) is -0.246. The molecule has 1 fully saturated rings. The number of imidazole rings is 1. The topological polar surface area (TPSA) is 139 Å². The average Bonchev–Trinajstić information content (AvgIpc) is 3.69. The Labute approximate surface area is 235 Å². The fourth-order valence-corrected chi connectivity index (χ4v) is 4.77. The number of carbonyl (C=O) groups is 1. The quantitative estimate of drug-likeness (QED) is 0.295. The Bertz CT molecular complexity index is 1690. The van der Waals surface area contributed by atoms with E-state index in [9.17, 15) is 23.1 Å². The van der Waals surface area contributed by atoms with Crippen molar-refractivity contribution in [3.8, 4) is 28.7 Å². The molecule has 11 nitrogen and oxygen atoms in total. The summed E-state index contributed by atoms with van der Waals surface area (Å²) in [7, 11) is 1.46. The first-order valence-electron chi connectivity index (χ1n) is 12.8. The van der Waals surface area contributed by atoms with Crippen molar-refractivity contribution < 1.29 is 36.9 Å². The minimum absolute atomic E-state index is 0.116. The molecule has 42 heavy (non-hydrogen) atoms. The van der Waals surface area contributed by atoms with Gasteiger partial charge in [0.2, 0.25) is 5.88 Å². The number of ether oxygens (including phenoxy) is 2. The molecule has 4 heterocycles. The van der Waals surface area contributed by atoms with Crippen LogP contribution in [0.25, 0.3) is 22.8 Å². The van der Waals surface area contributed by atoms with Gasteiger partial charge in [0.1, 0.15) is 35.0 Å². The van der Waals surface area contributed by atoms with Crippen LogP contribution in [-0.4, -0.2) is 54.8 Å². The smallest absolute Gasteiger partial charge is 0.432 e. The van der Waals surface area contributed by atoms with Crippen LogP contribution in [0, 0.1) is 5.82 Å². The molecular weight excluding hydrogens is 562 g/mol. The molecule has 1 aromatic carbocycles. The van der Waals surface area contributed by atoms with Crippen molar-refractivity contribution in [2.45, 2.75) is 44.0 Å². The number of benzene rings is 1. The summed E-state index contributed by atoms with van der Waals surface area (Å²) in [4.78, 5) is 37.9. The Morgan fingerprint density at radius 2 is 1.98 bits per heavy atom. The zero-order valence-corrected chi connectivity index (χ0v) is 22.2. The fourth-order valence-electron chi connectivity index (χ4n) is 4.77. The van der Waals surface area contributed by atoms with E-state index in [0.717, 1.165) is 23.8 Å². The van der Waals surface area contributed by atoms with E-state index in [1.165, 1.54) is 38.7 Å². The molecule has 1 atom stereocenters. The first kappa shape index (κ1) is 27.5. The molecule has 0 bridgehead atoms. The van der Waals surface area contributed by atoms with Gasteiger partial charge in [0.15, 0.2) is 11.4 Å². The monoisotopic (exact) mass is 585 g/mol. The molecule has 2 N–H and O–H groups in total. The molecule has 3 aromatic heterocycles. The average molecular weight is 586 g/mol. The third kappa shape index (κ3) is 4.78. The van der Waals surface area contributed by atoms with Crippen molar-refractivity contribution in [1.82, 2.24) is 29.9 Å². The molecule has 0 saturated heterocycles. The molecule has 4 aromatic rings. The van der Waals surface area contributed by atoms with Gasteiger partial charge in [-0.25, -0.2) is 34.1 Å². The summed E-state index contributed by atoms with van der Waals surface area (Å²) in [6.45, 7) is 0.740. The van der Waals surface area contributed by atoms with Crippen molar-refractivity contribution in [2.75, 3.05) is 18.6 Å². The van der Waals surface area contributed by atoms with Gasteiger partial charge in [0, 0.05) is 12.1 Å². The standard InChI is InChI=1S/C27H23F4N7O4/c1-26(11-39)16-8-32-22(19-20(14-4-5-14)34-12-35-24(19)41-2)37-23(16)38(25(40)42-26)10-13-3-6-15(17(28)7-13)21-33-9-18(36-21)27(29,30)31/h3,6-9,12,14,39H,4-5,10-11H2,1-2H3,(H,33,36). The van der Waals surface area contributed by atoms with Gasteiger partial charge in [-0.3, -0.25) is 4.90 Å². The second-order valence-electron chi connectivity index (χ2n) is 10.1. The number of nitrogens with one attached hydrogen (secondary N) is 1. The van der Waals surface area contributed by atoms with Crippen LogP contribution in [0.4, 0.5) is 28.2 Å². The zero-order chi connectivity index (χ0) is 29.8. The highest BCUT2D eigenvalue weighted by Gasteiger charge is 2.44. The number of alkyl halides is 3. The molecule has 15 heteroatoms. The Hall–Kier alpha value is -4.66. The van der Waals surface area contributed by atoms with Gasteiger partial charge in [0.05, 0.1) is 43.3 Å². The van der Waals surface area contributed by atoms with Gasteiger partial charge in [-0.1, -0.05) is 6.07 Å². The lowest BCUT2D eigenvalue weighted by molar-refractivity contribution is -0.140. The number of anilines is 1. The highest BCUT2D eigenvalue weighted by molar-refractivity contribution is 5.90. The number of methoxy groups -OCH3 is 1. The highest BCUT2D eigenvalue weighted by atomic mass is 19.4. The van der Waals surface area contributed by atoms with E-state index in [4.69, 9.17) is 9.47 Å². The number of hydrogen-bond donors (Lipinski definition) is 2. The molecule has 1 aliphatic carbocycles.